The van der Waals surface area contributed by atoms with Gasteiger partial charge in [-0.1, -0.05) is 0 Å². The summed E-state index contributed by atoms with van der Waals surface area (Å²) in [6, 6.07) is 34.6. The van der Waals surface area contributed by atoms with Gasteiger partial charge in [-0.2, -0.15) is 0 Å². The van der Waals surface area contributed by atoms with Crippen LogP contribution in [0.25, 0.3) is 32.3 Å². The zero-order valence-electron chi connectivity index (χ0n) is 24.3. The second-order valence-electron chi connectivity index (χ2n) is 12.7. The van der Waals surface area contributed by atoms with Gasteiger partial charge in [-0.15, -0.1) is 0 Å². The van der Waals surface area contributed by atoms with Gasteiger partial charge in [-0.3, -0.25) is 0 Å². The van der Waals surface area contributed by atoms with Crippen LogP contribution in [0.3, 0.4) is 0 Å². The molecule has 0 bridgehead atoms. The van der Waals surface area contributed by atoms with E-state index in [4.69, 9.17) is 2.51 Å². The van der Waals surface area contributed by atoms with Gasteiger partial charge in [0.1, 0.15) is 0 Å². The first-order chi connectivity index (χ1) is 19.3. The fourth-order valence-electron chi connectivity index (χ4n) is 5.37. The van der Waals surface area contributed by atoms with E-state index in [2.05, 4.69) is 114 Å². The normalized spacial score (nSPS) is 13.4. The molecule has 0 fully saturated rings. The Morgan fingerprint density at radius 3 is 1.46 bits per heavy atom. The molecular weight excluding hydrogens is 639 g/mol. The quantitative estimate of drug-likeness (QED) is 0.135. The third kappa shape index (κ3) is 5.24. The van der Waals surface area contributed by atoms with E-state index in [0.717, 1.165) is 34.1 Å². The van der Waals surface area contributed by atoms with Gasteiger partial charge < -0.3 is 0 Å². The van der Waals surface area contributed by atoms with Crippen LogP contribution in [0.1, 0.15) is 52.7 Å². The first-order valence-corrected chi connectivity index (χ1v) is 18.3. The van der Waals surface area contributed by atoms with Crippen molar-refractivity contribution in [2.75, 3.05) is 0 Å². The zero-order valence-corrected chi connectivity index (χ0v) is 27.3. The Balaban J connectivity index is 1.48. The summed E-state index contributed by atoms with van der Waals surface area (Å²) in [5, 5.41) is 5.98. The van der Waals surface area contributed by atoms with Crippen LogP contribution in [0.4, 0.5) is 0 Å². The molecule has 0 saturated heterocycles. The SMILES string of the molecule is CC(C)(C)c1ccc(I(OS(=O)(=O)c2ccc3ccc4cccc5ccc2c3c45)c2ccc(C(C)(C)C)cc2)cc1. The van der Waals surface area contributed by atoms with Crippen LogP contribution in [-0.4, -0.2) is 8.42 Å². The number of hydrogen-bond donors (Lipinski definition) is 0. The molecule has 210 valence electrons. The predicted molar refractivity (Wildman–Crippen MR) is 180 cm³/mol. The van der Waals surface area contributed by atoms with Gasteiger partial charge in [0.25, 0.3) is 0 Å². The Labute approximate surface area is 250 Å². The van der Waals surface area contributed by atoms with Crippen molar-refractivity contribution >= 4 is 62.7 Å². The molecule has 0 radical (unpaired) electrons. The molecule has 41 heavy (non-hydrogen) atoms. The second-order valence-corrected chi connectivity index (χ2v) is 19.2. The van der Waals surface area contributed by atoms with Gasteiger partial charge in [0.15, 0.2) is 0 Å². The monoisotopic (exact) mass is 674 g/mol. The molecule has 6 rings (SSSR count). The van der Waals surface area contributed by atoms with Gasteiger partial charge in [-0.05, 0) is 0 Å². The van der Waals surface area contributed by atoms with Crippen molar-refractivity contribution in [3.05, 3.63) is 121 Å². The Morgan fingerprint density at radius 1 is 0.537 bits per heavy atom. The minimum atomic E-state index is -4.09. The van der Waals surface area contributed by atoms with Crippen molar-refractivity contribution in [2.45, 2.75) is 57.3 Å². The predicted octanol–water partition coefficient (Wildman–Crippen LogP) is 10.0. The summed E-state index contributed by atoms with van der Waals surface area (Å²) in [6.45, 7) is 13.1. The fourth-order valence-corrected chi connectivity index (χ4v) is 12.4. The van der Waals surface area contributed by atoms with Crippen LogP contribution in [0.15, 0.2) is 108 Å². The molecule has 0 atom stereocenters. The van der Waals surface area contributed by atoms with Crippen LogP contribution in [0.2, 0.25) is 0 Å². The molecule has 0 aliphatic rings. The number of hydrogen-bond acceptors (Lipinski definition) is 3. The first-order valence-electron chi connectivity index (χ1n) is 13.9. The van der Waals surface area contributed by atoms with E-state index in [9.17, 15) is 8.42 Å². The van der Waals surface area contributed by atoms with Gasteiger partial charge in [0.05, 0.1) is 0 Å². The molecule has 0 aliphatic carbocycles. The van der Waals surface area contributed by atoms with E-state index in [0.29, 0.717) is 5.39 Å². The van der Waals surface area contributed by atoms with Crippen molar-refractivity contribution in [1.82, 2.24) is 0 Å². The molecule has 0 aromatic heterocycles. The number of benzene rings is 6. The number of rotatable bonds is 5. The number of halogens is 1. The van der Waals surface area contributed by atoms with E-state index in [1.807, 2.05) is 24.3 Å². The van der Waals surface area contributed by atoms with E-state index in [1.54, 1.807) is 6.07 Å². The molecule has 0 spiro atoms. The van der Waals surface area contributed by atoms with Crippen LogP contribution in [0.5, 0.6) is 0 Å². The molecule has 0 heterocycles. The summed E-state index contributed by atoms with van der Waals surface area (Å²) in [4.78, 5) is 0.225. The van der Waals surface area contributed by atoms with Crippen LogP contribution >= 0.6 is 20.2 Å². The standard InChI is InChI=1S/C36H35IO3S/c1-35(2,3)27-14-18-29(19-15-27)37(30-20-16-28(17-21-30)36(4,5)6)40-41(38,39)32-23-13-26-11-10-24-8-7-9-25-12-22-31(32)34(26)33(24)25/h7-23H,1-6H3. The molecular formula is C36H35IO3S. The summed E-state index contributed by atoms with van der Waals surface area (Å²) in [5.41, 5.74) is 2.41. The summed E-state index contributed by atoms with van der Waals surface area (Å²) in [5.74, 6) is 0. The van der Waals surface area contributed by atoms with Gasteiger partial charge >= 0.3 is 252 Å². The van der Waals surface area contributed by atoms with Crippen LogP contribution in [-0.2, 0) is 23.5 Å². The topological polar surface area (TPSA) is 43.4 Å². The Bertz CT molecular complexity index is 1910. The molecule has 0 saturated carbocycles. The third-order valence-corrected chi connectivity index (χ3v) is 15.1. The van der Waals surface area contributed by atoms with E-state index in [-0.39, 0.29) is 15.7 Å². The summed E-state index contributed by atoms with van der Waals surface area (Å²) in [6.07, 6.45) is 0. The molecule has 3 nitrogen and oxygen atoms in total. The Hall–Kier alpha value is -3.00. The minimum absolute atomic E-state index is 0.000578. The molecule has 0 aliphatic heterocycles. The van der Waals surface area contributed by atoms with Crippen molar-refractivity contribution in [1.29, 1.82) is 0 Å². The van der Waals surface area contributed by atoms with Crippen molar-refractivity contribution in [3.63, 3.8) is 0 Å². The van der Waals surface area contributed by atoms with Gasteiger partial charge in [0, 0.05) is 0 Å². The van der Waals surface area contributed by atoms with E-state index >= 15 is 0 Å². The Morgan fingerprint density at radius 2 is 0.976 bits per heavy atom. The average Bonchev–Trinajstić information content (AvgIpc) is 2.94. The maximum absolute atomic E-state index is 14.2. The van der Waals surface area contributed by atoms with E-state index in [1.165, 1.54) is 11.1 Å². The van der Waals surface area contributed by atoms with E-state index < -0.39 is 30.4 Å². The Kier molecular flexibility index (Phi) is 6.91. The van der Waals surface area contributed by atoms with Crippen molar-refractivity contribution in [2.24, 2.45) is 0 Å². The van der Waals surface area contributed by atoms with Gasteiger partial charge in [0.2, 0.25) is 0 Å². The molecule has 0 N–H and O–H groups in total. The second kappa shape index (κ2) is 10.1. The third-order valence-electron chi connectivity index (χ3n) is 7.72. The van der Waals surface area contributed by atoms with Crippen LogP contribution < -0.4 is 0 Å². The zero-order chi connectivity index (χ0) is 29.2. The summed E-state index contributed by atoms with van der Waals surface area (Å²) < 4.78 is 36.7. The molecule has 6 aromatic rings. The maximum atomic E-state index is 14.2. The molecule has 0 unspecified atom stereocenters. The molecule has 5 heteroatoms. The summed E-state index contributed by atoms with van der Waals surface area (Å²) in [7, 11) is -4.09. The average molecular weight is 675 g/mol. The molecule has 0 amide bonds. The molecule has 6 aromatic carbocycles. The van der Waals surface area contributed by atoms with Crippen molar-refractivity contribution in [3.8, 4) is 0 Å². The fraction of sp³-hybridized carbons (Fsp3) is 0.222. The summed E-state index contributed by atoms with van der Waals surface area (Å²) >= 11 is -2.87. The van der Waals surface area contributed by atoms with Crippen LogP contribution in [0, 0.1) is 7.14 Å². The van der Waals surface area contributed by atoms with Crippen molar-refractivity contribution < 1.29 is 10.9 Å². The first kappa shape index (κ1) is 28.1. The van der Waals surface area contributed by atoms with Gasteiger partial charge in [-0.25, -0.2) is 0 Å².